The Morgan fingerprint density at radius 2 is 2.30 bits per heavy atom. The summed E-state index contributed by atoms with van der Waals surface area (Å²) < 4.78 is 0.762. The van der Waals surface area contributed by atoms with Crippen molar-refractivity contribution in [3.63, 3.8) is 0 Å². The van der Waals surface area contributed by atoms with Gasteiger partial charge in [0.1, 0.15) is 0 Å². The molecule has 10 heavy (non-hydrogen) atoms. The van der Waals surface area contributed by atoms with E-state index in [4.69, 9.17) is 5.21 Å². The summed E-state index contributed by atoms with van der Waals surface area (Å²) in [5, 5.41) is 8.31. The first-order valence-corrected chi connectivity index (χ1v) is 3.27. The van der Waals surface area contributed by atoms with E-state index in [1.165, 1.54) is 12.3 Å². The summed E-state index contributed by atoms with van der Waals surface area (Å²) >= 11 is 3.13. The highest BCUT2D eigenvalue weighted by Gasteiger charge is 2.09. The van der Waals surface area contributed by atoms with Gasteiger partial charge in [-0.25, -0.2) is 0 Å². The Kier molecular flexibility index (Phi) is 1.96. The van der Waals surface area contributed by atoms with Crippen LogP contribution in [0.3, 0.4) is 0 Å². The summed E-state index contributed by atoms with van der Waals surface area (Å²) in [6.07, 6.45) is 1.43. The fourth-order valence-corrected chi connectivity index (χ4v) is 0.716. The largest absolute Gasteiger partial charge is 0.408 e. The highest BCUT2D eigenvalue weighted by Crippen LogP contribution is 2.10. The Hall–Kier alpha value is -0.970. The van der Waals surface area contributed by atoms with E-state index in [0.29, 0.717) is 0 Å². The van der Waals surface area contributed by atoms with E-state index in [2.05, 4.69) is 20.9 Å². The summed E-state index contributed by atoms with van der Waals surface area (Å²) in [5.41, 5.74) is 0. The van der Waals surface area contributed by atoms with Crippen LogP contribution in [0.4, 0.5) is 5.82 Å². The fourth-order valence-electron chi connectivity index (χ4n) is 0.481. The molecule has 0 atom stereocenters. The van der Waals surface area contributed by atoms with Crippen molar-refractivity contribution in [2.24, 2.45) is 0 Å². The average Bonchev–Trinajstić information content (AvgIpc) is 1.88. The van der Waals surface area contributed by atoms with Crippen molar-refractivity contribution in [1.82, 2.24) is 4.98 Å². The molecule has 4 nitrogen and oxygen atoms in total. The van der Waals surface area contributed by atoms with E-state index in [9.17, 15) is 4.91 Å². The molecule has 0 radical (unpaired) electrons. The quantitative estimate of drug-likeness (QED) is 0.707. The van der Waals surface area contributed by atoms with E-state index in [0.717, 1.165) is 4.47 Å². The van der Waals surface area contributed by atoms with Crippen LogP contribution in [-0.4, -0.2) is 15.1 Å². The van der Waals surface area contributed by atoms with Gasteiger partial charge >= 0.3 is 5.82 Å². The number of hydrogen-bond donors (Lipinski definition) is 1. The van der Waals surface area contributed by atoms with E-state index in [-0.39, 0.29) is 10.7 Å². The third kappa shape index (κ3) is 1.51. The zero-order chi connectivity index (χ0) is 7.56. The molecule has 0 fully saturated rings. The molecule has 1 aromatic rings. The van der Waals surface area contributed by atoms with Crippen molar-refractivity contribution in [2.75, 3.05) is 0 Å². The normalized spacial score (nSPS) is 9.30. The third-order valence-corrected chi connectivity index (χ3v) is 1.38. The first-order valence-electron chi connectivity index (χ1n) is 2.48. The van der Waals surface area contributed by atoms with Crippen LogP contribution in [0.15, 0.2) is 22.8 Å². The monoisotopic (exact) mass is 203 g/mol. The lowest BCUT2D eigenvalue weighted by Crippen LogP contribution is -1.93. The van der Waals surface area contributed by atoms with Crippen molar-refractivity contribution in [1.29, 1.82) is 0 Å². The molecule has 0 amide bonds. The molecule has 0 saturated heterocycles. The SMILES string of the molecule is O=[N+](O)c1ccc(Br)cn1. The topological polar surface area (TPSA) is 53.2 Å². The first kappa shape index (κ1) is 7.14. The molecule has 0 aromatic carbocycles. The molecule has 1 aromatic heterocycles. The van der Waals surface area contributed by atoms with E-state index < -0.39 is 0 Å². The Morgan fingerprint density at radius 3 is 2.70 bits per heavy atom. The highest BCUT2D eigenvalue weighted by molar-refractivity contribution is 9.10. The molecule has 1 rings (SSSR count). The van der Waals surface area contributed by atoms with Crippen LogP contribution in [0.25, 0.3) is 0 Å². The molecular weight excluding hydrogens is 200 g/mol. The van der Waals surface area contributed by atoms with Gasteiger partial charge in [-0.15, -0.1) is 0 Å². The van der Waals surface area contributed by atoms with Gasteiger partial charge in [0.2, 0.25) is 0 Å². The van der Waals surface area contributed by atoms with E-state index >= 15 is 0 Å². The van der Waals surface area contributed by atoms with Gasteiger partial charge in [-0.05, 0) is 31.9 Å². The standard InChI is InChI=1S/C5H4BrN2O2/c6-4-1-2-5(7-3-4)8(9)10/h1-3H,(H,9,10)/q+1. The maximum absolute atomic E-state index is 10.2. The molecule has 1 N–H and O–H groups in total. The predicted molar refractivity (Wildman–Crippen MR) is 37.0 cm³/mol. The molecular formula is C5H4BrN2O2+. The fraction of sp³-hybridized carbons (Fsp3) is 0. The number of rotatable bonds is 1. The summed E-state index contributed by atoms with van der Waals surface area (Å²) in [4.78, 5) is 13.5. The van der Waals surface area contributed by atoms with E-state index in [1.54, 1.807) is 6.07 Å². The second-order valence-electron chi connectivity index (χ2n) is 1.61. The van der Waals surface area contributed by atoms with Gasteiger partial charge in [-0.1, -0.05) is 0 Å². The molecule has 0 aliphatic rings. The summed E-state index contributed by atoms with van der Waals surface area (Å²) in [6, 6.07) is 3.01. The van der Waals surface area contributed by atoms with Crippen LogP contribution in [0.1, 0.15) is 0 Å². The van der Waals surface area contributed by atoms with Crippen LogP contribution in [0.2, 0.25) is 0 Å². The smallest absolute Gasteiger partial charge is 0.314 e. The Bertz CT molecular complexity index is 246. The van der Waals surface area contributed by atoms with Gasteiger partial charge < -0.3 is 5.21 Å². The van der Waals surface area contributed by atoms with Crippen molar-refractivity contribution in [2.45, 2.75) is 0 Å². The number of hydrogen-bond acceptors (Lipinski definition) is 2. The van der Waals surface area contributed by atoms with Gasteiger partial charge in [0.25, 0.3) is 0 Å². The van der Waals surface area contributed by atoms with Gasteiger partial charge in [0.05, 0.1) is 4.47 Å². The van der Waals surface area contributed by atoms with E-state index in [1.807, 2.05) is 0 Å². The summed E-state index contributed by atoms with van der Waals surface area (Å²) in [6.45, 7) is 0. The van der Waals surface area contributed by atoms with Crippen LogP contribution in [0, 0.1) is 4.91 Å². The van der Waals surface area contributed by atoms with Crippen LogP contribution in [0.5, 0.6) is 0 Å². The van der Waals surface area contributed by atoms with Gasteiger partial charge in [-0.2, -0.15) is 0 Å². The van der Waals surface area contributed by atoms with Crippen molar-refractivity contribution < 1.29 is 10.1 Å². The lowest BCUT2D eigenvalue weighted by molar-refractivity contribution is -0.732. The minimum absolute atomic E-state index is 0.0248. The molecule has 52 valence electrons. The minimum atomic E-state index is -0.285. The zero-order valence-electron chi connectivity index (χ0n) is 4.86. The molecule has 1 heterocycles. The third-order valence-electron chi connectivity index (χ3n) is 0.908. The molecule has 0 spiro atoms. The second kappa shape index (κ2) is 2.74. The zero-order valence-corrected chi connectivity index (χ0v) is 6.45. The minimum Gasteiger partial charge on any atom is -0.314 e. The van der Waals surface area contributed by atoms with Crippen LogP contribution >= 0.6 is 15.9 Å². The lowest BCUT2D eigenvalue weighted by atomic mass is 10.5. The predicted octanol–water partition coefficient (Wildman–Crippen LogP) is 1.64. The number of aromatic nitrogens is 1. The van der Waals surface area contributed by atoms with Crippen molar-refractivity contribution in [3.05, 3.63) is 27.7 Å². The molecule has 0 saturated carbocycles. The van der Waals surface area contributed by atoms with Crippen LogP contribution in [-0.2, 0) is 0 Å². The van der Waals surface area contributed by atoms with Crippen molar-refractivity contribution in [3.8, 4) is 0 Å². The molecule has 0 unspecified atom stereocenters. The van der Waals surface area contributed by atoms with Gasteiger partial charge in [-0.3, -0.25) is 0 Å². The van der Waals surface area contributed by atoms with Crippen molar-refractivity contribution >= 4 is 21.7 Å². The number of nitrogens with zero attached hydrogens (tertiary/aromatic N) is 2. The maximum atomic E-state index is 10.2. The Morgan fingerprint density at radius 1 is 1.60 bits per heavy atom. The van der Waals surface area contributed by atoms with Gasteiger partial charge in [0.15, 0.2) is 11.1 Å². The number of pyridine rings is 1. The Balaban J connectivity index is 3.00. The highest BCUT2D eigenvalue weighted by atomic mass is 79.9. The Labute approximate surface area is 65.2 Å². The summed E-state index contributed by atoms with van der Waals surface area (Å²) in [5.74, 6) is -0.0248. The average molecular weight is 204 g/mol. The second-order valence-corrected chi connectivity index (χ2v) is 2.52. The molecule has 5 heteroatoms. The lowest BCUT2D eigenvalue weighted by Gasteiger charge is -1.82. The number of halogens is 1. The first-order chi connectivity index (χ1) is 4.70. The maximum Gasteiger partial charge on any atom is 0.408 e. The molecule has 0 aliphatic heterocycles. The summed E-state index contributed by atoms with van der Waals surface area (Å²) in [7, 11) is 0. The van der Waals surface area contributed by atoms with Crippen LogP contribution < -0.4 is 0 Å². The van der Waals surface area contributed by atoms with Gasteiger partial charge in [0, 0.05) is 6.07 Å². The molecule has 0 bridgehead atoms. The molecule has 0 aliphatic carbocycles.